The van der Waals surface area contributed by atoms with Crippen LogP contribution in [0, 0.1) is 12.1 Å². The summed E-state index contributed by atoms with van der Waals surface area (Å²) in [4.78, 5) is 0.399. The van der Waals surface area contributed by atoms with Crippen LogP contribution in [0.4, 0.5) is 0 Å². The van der Waals surface area contributed by atoms with E-state index >= 15 is 0 Å². The van der Waals surface area contributed by atoms with E-state index in [9.17, 15) is 5.21 Å². The van der Waals surface area contributed by atoms with Crippen LogP contribution >= 0.6 is 0 Å². The zero-order chi connectivity index (χ0) is 17.2. The van der Waals surface area contributed by atoms with Crippen LogP contribution in [0.2, 0.25) is 0 Å². The Morgan fingerprint density at radius 1 is 1.08 bits per heavy atom. The first-order chi connectivity index (χ1) is 12.2. The van der Waals surface area contributed by atoms with E-state index in [4.69, 9.17) is 4.63 Å². The predicted molar refractivity (Wildman–Crippen MR) is 90.2 cm³/mol. The van der Waals surface area contributed by atoms with E-state index in [0.29, 0.717) is 28.5 Å². The third-order valence-corrected chi connectivity index (χ3v) is 3.91. The minimum atomic E-state index is 0.326. The minimum Gasteiger partial charge on any atom is -0.359 e. The average Bonchev–Trinajstić information content (AvgIpc) is 3.23. The first-order valence-electron chi connectivity index (χ1n) is 7.82. The van der Waals surface area contributed by atoms with Crippen LogP contribution in [0.1, 0.15) is 11.1 Å². The monoisotopic (exact) mass is 333 g/mol. The van der Waals surface area contributed by atoms with Crippen molar-refractivity contribution in [1.82, 2.24) is 20.2 Å². The molecule has 0 saturated carbocycles. The second-order valence-electron chi connectivity index (χ2n) is 5.78. The molecule has 0 bridgehead atoms. The molecule has 0 spiro atoms. The van der Waals surface area contributed by atoms with E-state index < -0.39 is 0 Å². The molecular weight excluding hydrogens is 318 g/mol. The molecule has 124 valence electrons. The molecule has 0 unspecified atom stereocenters. The van der Waals surface area contributed by atoms with Crippen molar-refractivity contribution >= 4 is 0 Å². The maximum Gasteiger partial charge on any atom is 0.278 e. The molecule has 0 amide bonds. The highest BCUT2D eigenvalue weighted by Crippen LogP contribution is 2.26. The van der Waals surface area contributed by atoms with Gasteiger partial charge in [-0.1, -0.05) is 65.4 Å². The Morgan fingerprint density at radius 2 is 1.84 bits per heavy atom. The number of aromatic nitrogens is 5. The van der Waals surface area contributed by atoms with Crippen LogP contribution in [0.15, 0.2) is 65.4 Å². The maximum atomic E-state index is 12.0. The molecular formula is C18H15N5O2. The van der Waals surface area contributed by atoms with Crippen LogP contribution in [0.5, 0.6) is 0 Å². The van der Waals surface area contributed by atoms with E-state index in [-0.39, 0.29) is 0 Å². The predicted octanol–water partition coefficient (Wildman–Crippen LogP) is 2.59. The lowest BCUT2D eigenvalue weighted by molar-refractivity contribution is -0.793. The van der Waals surface area contributed by atoms with Gasteiger partial charge < -0.3 is 5.21 Å². The van der Waals surface area contributed by atoms with Gasteiger partial charge in [0.1, 0.15) is 0 Å². The topological polar surface area (TPSA) is 83.7 Å². The van der Waals surface area contributed by atoms with Gasteiger partial charge in [-0.25, -0.2) is 4.68 Å². The summed E-state index contributed by atoms with van der Waals surface area (Å²) in [5.41, 5.74) is 4.12. The van der Waals surface area contributed by atoms with Crippen molar-refractivity contribution in [2.24, 2.45) is 0 Å². The Labute approximate surface area is 143 Å². The Bertz CT molecular complexity index is 990. The summed E-state index contributed by atoms with van der Waals surface area (Å²) in [7, 11) is 0. The molecule has 0 saturated heterocycles. The summed E-state index contributed by atoms with van der Waals surface area (Å²) in [6.45, 7) is 2.57. The molecule has 7 heteroatoms. The van der Waals surface area contributed by atoms with Gasteiger partial charge in [-0.2, -0.15) is 0 Å². The van der Waals surface area contributed by atoms with E-state index in [1.165, 1.54) is 0 Å². The molecule has 2 aromatic heterocycles. The Balaban J connectivity index is 1.68. The maximum absolute atomic E-state index is 12.0. The molecule has 7 nitrogen and oxygen atoms in total. The summed E-state index contributed by atoms with van der Waals surface area (Å²) in [6.07, 6.45) is 1.75. The molecule has 0 radical (unpaired) electrons. The zero-order valence-corrected chi connectivity index (χ0v) is 13.5. The molecule has 4 aromatic rings. The van der Waals surface area contributed by atoms with Crippen molar-refractivity contribution in [2.45, 2.75) is 13.5 Å². The first-order valence-corrected chi connectivity index (χ1v) is 7.82. The molecule has 25 heavy (non-hydrogen) atoms. The second kappa shape index (κ2) is 6.20. The fourth-order valence-corrected chi connectivity index (χ4v) is 2.62. The fourth-order valence-electron chi connectivity index (χ4n) is 2.62. The van der Waals surface area contributed by atoms with Crippen LogP contribution in [-0.2, 0) is 6.54 Å². The van der Waals surface area contributed by atoms with E-state index in [0.717, 1.165) is 16.7 Å². The molecule has 2 heterocycles. The molecule has 0 atom stereocenters. The number of hydrogen-bond acceptors (Lipinski definition) is 5. The summed E-state index contributed by atoms with van der Waals surface area (Å²) >= 11 is 0. The van der Waals surface area contributed by atoms with E-state index in [1.54, 1.807) is 10.9 Å². The summed E-state index contributed by atoms with van der Waals surface area (Å²) in [5.74, 6) is 0. The molecule has 0 aliphatic heterocycles. The quantitative estimate of drug-likeness (QED) is 0.536. The molecule has 2 aromatic carbocycles. The van der Waals surface area contributed by atoms with Crippen LogP contribution in [0.25, 0.3) is 22.6 Å². The summed E-state index contributed by atoms with van der Waals surface area (Å²) < 4.78 is 6.50. The third-order valence-electron chi connectivity index (χ3n) is 3.91. The Hall–Kier alpha value is -3.48. The lowest BCUT2D eigenvalue weighted by atomic mass is 10.1. The number of nitrogens with zero attached hydrogens (tertiary/aromatic N) is 5. The van der Waals surface area contributed by atoms with Crippen LogP contribution in [-0.4, -0.2) is 20.2 Å². The fraction of sp³-hybridized carbons (Fsp3) is 0.111. The normalized spacial score (nSPS) is 10.9. The van der Waals surface area contributed by atoms with Crippen LogP contribution in [0.3, 0.4) is 0 Å². The molecule has 0 aliphatic carbocycles. The second-order valence-corrected chi connectivity index (χ2v) is 5.78. The number of aryl methyl sites for hydroxylation is 1. The molecule has 0 fully saturated rings. The number of rotatable bonds is 4. The smallest absolute Gasteiger partial charge is 0.278 e. The highest BCUT2D eigenvalue weighted by atomic mass is 16.8. The third kappa shape index (κ3) is 2.99. The van der Waals surface area contributed by atoms with Crippen molar-refractivity contribution in [2.75, 3.05) is 0 Å². The molecule has 0 aliphatic rings. The van der Waals surface area contributed by atoms with Crippen molar-refractivity contribution in [3.8, 4) is 22.6 Å². The highest BCUT2D eigenvalue weighted by molar-refractivity contribution is 5.72. The van der Waals surface area contributed by atoms with E-state index in [1.807, 2.05) is 61.5 Å². The van der Waals surface area contributed by atoms with Gasteiger partial charge >= 0.3 is 0 Å². The minimum absolute atomic E-state index is 0.326. The Morgan fingerprint density at radius 3 is 2.60 bits per heavy atom. The first kappa shape index (κ1) is 15.1. The van der Waals surface area contributed by atoms with Crippen molar-refractivity contribution in [3.63, 3.8) is 0 Å². The van der Waals surface area contributed by atoms with Gasteiger partial charge in [0.25, 0.3) is 5.69 Å². The number of hydrogen-bond donors (Lipinski definition) is 0. The average molecular weight is 333 g/mol. The van der Waals surface area contributed by atoms with Gasteiger partial charge in [0.05, 0.1) is 12.7 Å². The van der Waals surface area contributed by atoms with Gasteiger partial charge in [-0.3, -0.25) is 4.63 Å². The van der Waals surface area contributed by atoms with Gasteiger partial charge in [0, 0.05) is 10.7 Å². The number of benzene rings is 2. The Kier molecular flexibility index (Phi) is 3.74. The van der Waals surface area contributed by atoms with Gasteiger partial charge in [-0.05, 0) is 17.4 Å². The van der Waals surface area contributed by atoms with Gasteiger partial charge in [0.2, 0.25) is 5.69 Å². The molecule has 4 rings (SSSR count). The lowest BCUT2D eigenvalue weighted by Crippen LogP contribution is -2.25. The summed E-state index contributed by atoms with van der Waals surface area (Å²) in [6, 6.07) is 17.5. The zero-order valence-electron chi connectivity index (χ0n) is 13.5. The van der Waals surface area contributed by atoms with Crippen molar-refractivity contribution < 1.29 is 9.53 Å². The van der Waals surface area contributed by atoms with Crippen LogP contribution < -0.4 is 4.90 Å². The molecule has 0 N–H and O–H groups in total. The SMILES string of the molecule is Cc1ccc(-c2c(-c3cn(Cc4ccccc4)nn3)no[n+]2[O-])cc1. The van der Waals surface area contributed by atoms with Crippen molar-refractivity contribution in [1.29, 1.82) is 0 Å². The van der Waals surface area contributed by atoms with Crippen molar-refractivity contribution in [3.05, 3.63) is 77.1 Å². The largest absolute Gasteiger partial charge is 0.359 e. The summed E-state index contributed by atoms with van der Waals surface area (Å²) in [5, 5.41) is 24.2. The highest BCUT2D eigenvalue weighted by Gasteiger charge is 2.25. The standard InChI is InChI=1S/C18H15N5O2/c1-13-7-9-15(10-8-13)18-17(20-25-23(18)24)16-12-22(21-19-16)11-14-5-3-2-4-6-14/h2-10,12H,11H2,1H3. The van der Waals surface area contributed by atoms with Gasteiger partial charge in [0.15, 0.2) is 5.69 Å². The lowest BCUT2D eigenvalue weighted by Gasteiger charge is -1.99. The van der Waals surface area contributed by atoms with E-state index in [2.05, 4.69) is 15.5 Å². The van der Waals surface area contributed by atoms with Gasteiger partial charge in [-0.15, -0.1) is 5.10 Å².